The fraction of sp³-hybridized carbons (Fsp3) is 0.562. The van der Waals surface area contributed by atoms with Crippen LogP contribution in [0.25, 0.3) is 0 Å². The molecule has 116 valence electrons. The van der Waals surface area contributed by atoms with Crippen molar-refractivity contribution in [2.24, 2.45) is 0 Å². The number of carbonyl (C=O) groups is 1. The molecule has 0 aromatic heterocycles. The quantitative estimate of drug-likeness (QED) is 0.810. The van der Waals surface area contributed by atoms with Gasteiger partial charge in [0.15, 0.2) is 0 Å². The zero-order valence-electron chi connectivity index (χ0n) is 12.7. The Bertz CT molecular complexity index is 517. The SMILES string of the molecule is CCN(CC)CCNC1(C(=O)O)Cc2ccc(Cl)cc2C1. The smallest absolute Gasteiger partial charge is 0.324 e. The highest BCUT2D eigenvalue weighted by Gasteiger charge is 2.43. The highest BCUT2D eigenvalue weighted by Crippen LogP contribution is 2.32. The summed E-state index contributed by atoms with van der Waals surface area (Å²) in [7, 11) is 0. The second kappa shape index (κ2) is 6.77. The van der Waals surface area contributed by atoms with E-state index in [1.165, 1.54) is 0 Å². The third kappa shape index (κ3) is 3.57. The van der Waals surface area contributed by atoms with Crippen LogP contribution in [0.15, 0.2) is 18.2 Å². The Labute approximate surface area is 131 Å². The van der Waals surface area contributed by atoms with Gasteiger partial charge in [-0.3, -0.25) is 4.79 Å². The van der Waals surface area contributed by atoms with Gasteiger partial charge in [0.2, 0.25) is 0 Å². The van der Waals surface area contributed by atoms with Crippen LogP contribution in [0.5, 0.6) is 0 Å². The number of hydrogen-bond donors (Lipinski definition) is 2. The average Bonchev–Trinajstić information content (AvgIpc) is 2.82. The van der Waals surface area contributed by atoms with Crippen LogP contribution in [-0.2, 0) is 17.6 Å². The van der Waals surface area contributed by atoms with Crippen molar-refractivity contribution in [2.75, 3.05) is 26.2 Å². The monoisotopic (exact) mass is 310 g/mol. The van der Waals surface area contributed by atoms with E-state index in [0.717, 1.165) is 30.8 Å². The minimum Gasteiger partial charge on any atom is -0.480 e. The largest absolute Gasteiger partial charge is 0.480 e. The number of nitrogens with one attached hydrogen (secondary N) is 1. The number of likely N-dealkylation sites (N-methyl/N-ethyl adjacent to an activating group) is 1. The number of aliphatic carboxylic acids is 1. The summed E-state index contributed by atoms with van der Waals surface area (Å²) in [6, 6.07) is 5.65. The van der Waals surface area contributed by atoms with Crippen molar-refractivity contribution >= 4 is 17.6 Å². The molecule has 5 heteroatoms. The van der Waals surface area contributed by atoms with Gasteiger partial charge in [-0.15, -0.1) is 0 Å². The third-order valence-corrected chi connectivity index (χ3v) is 4.58. The molecule has 0 amide bonds. The maximum absolute atomic E-state index is 11.8. The fourth-order valence-electron chi connectivity index (χ4n) is 2.99. The van der Waals surface area contributed by atoms with Gasteiger partial charge in [0.25, 0.3) is 0 Å². The standard InChI is InChI=1S/C16H23ClN2O2/c1-3-19(4-2)8-7-18-16(15(20)21)10-12-5-6-14(17)9-13(12)11-16/h5-6,9,18H,3-4,7-8,10-11H2,1-2H3,(H,20,21). The molecule has 0 heterocycles. The van der Waals surface area contributed by atoms with Gasteiger partial charge in [-0.1, -0.05) is 31.5 Å². The Kier molecular flexibility index (Phi) is 5.25. The molecule has 0 bridgehead atoms. The minimum atomic E-state index is -0.889. The van der Waals surface area contributed by atoms with E-state index in [9.17, 15) is 9.90 Å². The van der Waals surface area contributed by atoms with E-state index in [-0.39, 0.29) is 0 Å². The number of fused-ring (bicyclic) bond motifs is 1. The summed E-state index contributed by atoms with van der Waals surface area (Å²) in [5.41, 5.74) is 1.23. The molecule has 1 unspecified atom stereocenters. The Hall–Kier alpha value is -1.10. The normalized spacial score (nSPS) is 20.8. The van der Waals surface area contributed by atoms with E-state index in [1.807, 2.05) is 18.2 Å². The molecule has 0 fully saturated rings. The number of benzene rings is 1. The van der Waals surface area contributed by atoms with Gasteiger partial charge in [0.1, 0.15) is 5.54 Å². The molecule has 21 heavy (non-hydrogen) atoms. The lowest BCUT2D eigenvalue weighted by Crippen LogP contribution is -2.54. The summed E-state index contributed by atoms with van der Waals surface area (Å²) in [4.78, 5) is 14.1. The van der Waals surface area contributed by atoms with E-state index in [4.69, 9.17) is 11.6 Å². The van der Waals surface area contributed by atoms with Gasteiger partial charge in [0.05, 0.1) is 0 Å². The molecule has 0 aliphatic heterocycles. The van der Waals surface area contributed by atoms with Crippen LogP contribution in [0.4, 0.5) is 0 Å². The minimum absolute atomic E-state index is 0.497. The second-order valence-electron chi connectivity index (χ2n) is 5.61. The van der Waals surface area contributed by atoms with Crippen molar-refractivity contribution in [2.45, 2.75) is 32.2 Å². The molecule has 1 aliphatic carbocycles. The van der Waals surface area contributed by atoms with Gasteiger partial charge in [-0.2, -0.15) is 0 Å². The third-order valence-electron chi connectivity index (χ3n) is 4.35. The summed E-state index contributed by atoms with van der Waals surface area (Å²) in [5.74, 6) is -0.783. The summed E-state index contributed by atoms with van der Waals surface area (Å²) < 4.78 is 0. The lowest BCUT2D eigenvalue weighted by Gasteiger charge is -2.27. The molecule has 1 aliphatic rings. The van der Waals surface area contributed by atoms with Gasteiger partial charge in [0, 0.05) is 31.0 Å². The van der Waals surface area contributed by atoms with Crippen LogP contribution in [0.2, 0.25) is 5.02 Å². The number of carboxylic acid groups (broad SMARTS) is 1. The van der Waals surface area contributed by atoms with Crippen LogP contribution >= 0.6 is 11.6 Å². The van der Waals surface area contributed by atoms with Crippen LogP contribution < -0.4 is 5.32 Å². The van der Waals surface area contributed by atoms with Crippen molar-refractivity contribution in [3.05, 3.63) is 34.3 Å². The maximum atomic E-state index is 11.8. The van der Waals surface area contributed by atoms with Crippen LogP contribution in [0.3, 0.4) is 0 Å². The highest BCUT2D eigenvalue weighted by molar-refractivity contribution is 6.30. The molecule has 2 rings (SSSR count). The molecule has 0 spiro atoms. The topological polar surface area (TPSA) is 52.6 Å². The molecule has 1 aromatic carbocycles. The number of rotatable bonds is 7. The van der Waals surface area contributed by atoms with Gasteiger partial charge >= 0.3 is 5.97 Å². The molecular weight excluding hydrogens is 288 g/mol. The fourth-order valence-corrected chi connectivity index (χ4v) is 3.18. The molecule has 0 saturated heterocycles. The molecule has 2 N–H and O–H groups in total. The summed E-state index contributed by atoms with van der Waals surface area (Å²) in [6.07, 6.45) is 1.02. The Morgan fingerprint density at radius 3 is 2.62 bits per heavy atom. The van der Waals surface area contributed by atoms with E-state index < -0.39 is 11.5 Å². The first-order valence-electron chi connectivity index (χ1n) is 7.49. The van der Waals surface area contributed by atoms with Gasteiger partial charge in [-0.25, -0.2) is 0 Å². The van der Waals surface area contributed by atoms with Crippen LogP contribution in [0, 0.1) is 0 Å². The van der Waals surface area contributed by atoms with Crippen LogP contribution in [0.1, 0.15) is 25.0 Å². The molecule has 0 saturated carbocycles. The number of hydrogen-bond acceptors (Lipinski definition) is 3. The van der Waals surface area contributed by atoms with Crippen molar-refractivity contribution in [3.8, 4) is 0 Å². The van der Waals surface area contributed by atoms with Gasteiger partial charge in [-0.05, 0) is 36.3 Å². The first kappa shape index (κ1) is 16.3. The number of nitrogens with zero attached hydrogens (tertiary/aromatic N) is 1. The van der Waals surface area contributed by atoms with E-state index in [1.54, 1.807) is 0 Å². The first-order valence-corrected chi connectivity index (χ1v) is 7.86. The zero-order valence-corrected chi connectivity index (χ0v) is 13.4. The first-order chi connectivity index (χ1) is 10.0. The molecule has 1 atom stereocenters. The molecule has 1 aromatic rings. The lowest BCUT2D eigenvalue weighted by molar-refractivity contribution is -0.144. The number of carboxylic acids is 1. The Morgan fingerprint density at radius 2 is 2.00 bits per heavy atom. The second-order valence-corrected chi connectivity index (χ2v) is 6.04. The highest BCUT2D eigenvalue weighted by atomic mass is 35.5. The summed E-state index contributed by atoms with van der Waals surface area (Å²) in [6.45, 7) is 7.73. The lowest BCUT2D eigenvalue weighted by atomic mass is 9.96. The Morgan fingerprint density at radius 1 is 1.33 bits per heavy atom. The molecular formula is C16H23ClN2O2. The summed E-state index contributed by atoms with van der Waals surface area (Å²) >= 11 is 6.01. The van der Waals surface area contributed by atoms with E-state index >= 15 is 0 Å². The van der Waals surface area contributed by atoms with Crippen molar-refractivity contribution in [1.82, 2.24) is 10.2 Å². The molecule has 4 nitrogen and oxygen atoms in total. The van der Waals surface area contributed by atoms with Crippen molar-refractivity contribution in [1.29, 1.82) is 0 Å². The van der Waals surface area contributed by atoms with Crippen LogP contribution in [-0.4, -0.2) is 47.7 Å². The predicted octanol–water partition coefficient (Wildman–Crippen LogP) is 2.19. The zero-order chi connectivity index (χ0) is 15.5. The molecule has 0 radical (unpaired) electrons. The maximum Gasteiger partial charge on any atom is 0.324 e. The predicted molar refractivity (Wildman–Crippen MR) is 85.0 cm³/mol. The Balaban J connectivity index is 2.05. The van der Waals surface area contributed by atoms with Crippen molar-refractivity contribution < 1.29 is 9.90 Å². The van der Waals surface area contributed by atoms with Gasteiger partial charge < -0.3 is 15.3 Å². The van der Waals surface area contributed by atoms with E-state index in [2.05, 4.69) is 24.1 Å². The number of halogens is 1. The van der Waals surface area contributed by atoms with Crippen molar-refractivity contribution in [3.63, 3.8) is 0 Å². The van der Waals surface area contributed by atoms with E-state index in [0.29, 0.717) is 24.4 Å². The summed E-state index contributed by atoms with van der Waals surface area (Å²) in [5, 5.41) is 13.6. The average molecular weight is 311 g/mol.